The maximum absolute atomic E-state index is 12.3. The van der Waals surface area contributed by atoms with Gasteiger partial charge in [-0.15, -0.1) is 0 Å². The second-order valence-electron chi connectivity index (χ2n) is 8.69. The minimum atomic E-state index is -4.22. The zero-order valence-corrected chi connectivity index (χ0v) is 19.8. The van der Waals surface area contributed by atoms with Crippen molar-refractivity contribution in [3.8, 4) is 0 Å². The SMILES string of the molecule is CCCCCCCCCCCCCCCC1=CN(c2ccc(S(=O)(=O)O)cc2)C(=O)C1. The van der Waals surface area contributed by atoms with Crippen molar-refractivity contribution in [2.24, 2.45) is 0 Å². The molecule has 1 N–H and O–H groups in total. The fraction of sp³-hybridized carbons (Fsp3) is 0.640. The summed E-state index contributed by atoms with van der Waals surface area (Å²) in [6.07, 6.45) is 20.5. The van der Waals surface area contributed by atoms with E-state index in [1.807, 2.05) is 6.20 Å². The molecule has 5 nitrogen and oxygen atoms in total. The fourth-order valence-electron chi connectivity index (χ4n) is 4.10. The van der Waals surface area contributed by atoms with E-state index >= 15 is 0 Å². The van der Waals surface area contributed by atoms with Crippen molar-refractivity contribution >= 4 is 21.7 Å². The summed E-state index contributed by atoms with van der Waals surface area (Å²) < 4.78 is 31.4. The van der Waals surface area contributed by atoms with Crippen LogP contribution in [-0.2, 0) is 14.9 Å². The van der Waals surface area contributed by atoms with Crippen molar-refractivity contribution in [3.05, 3.63) is 36.0 Å². The number of carbonyl (C=O) groups is 1. The number of nitrogens with zero attached hydrogens (tertiary/aromatic N) is 1. The van der Waals surface area contributed by atoms with Crippen LogP contribution in [0, 0.1) is 0 Å². The molecule has 0 radical (unpaired) electrons. The monoisotopic (exact) mass is 449 g/mol. The van der Waals surface area contributed by atoms with Crippen LogP contribution in [0.1, 0.15) is 103 Å². The molecule has 1 amide bonds. The molecule has 0 atom stereocenters. The predicted octanol–water partition coefficient (Wildman–Crippen LogP) is 7.04. The normalized spacial score (nSPS) is 14.3. The fourth-order valence-corrected chi connectivity index (χ4v) is 4.58. The van der Waals surface area contributed by atoms with Crippen molar-refractivity contribution in [1.82, 2.24) is 0 Å². The number of hydrogen-bond donors (Lipinski definition) is 1. The van der Waals surface area contributed by atoms with Crippen LogP contribution in [0.3, 0.4) is 0 Å². The highest BCUT2D eigenvalue weighted by atomic mass is 32.2. The Labute approximate surface area is 188 Å². The molecule has 31 heavy (non-hydrogen) atoms. The Hall–Kier alpha value is -1.66. The van der Waals surface area contributed by atoms with Crippen molar-refractivity contribution in [2.45, 2.75) is 108 Å². The van der Waals surface area contributed by atoms with Crippen LogP contribution in [0.4, 0.5) is 5.69 Å². The summed E-state index contributed by atoms with van der Waals surface area (Å²) in [5.74, 6) is 0.00398. The zero-order valence-electron chi connectivity index (χ0n) is 19.0. The Morgan fingerprint density at radius 3 is 1.77 bits per heavy atom. The Morgan fingerprint density at radius 1 is 0.806 bits per heavy atom. The van der Waals surface area contributed by atoms with Gasteiger partial charge >= 0.3 is 0 Å². The van der Waals surface area contributed by atoms with Gasteiger partial charge in [-0.3, -0.25) is 14.2 Å². The van der Waals surface area contributed by atoms with E-state index in [1.54, 1.807) is 17.0 Å². The van der Waals surface area contributed by atoms with Gasteiger partial charge in [0.25, 0.3) is 10.1 Å². The van der Waals surface area contributed by atoms with Gasteiger partial charge in [0.2, 0.25) is 5.91 Å². The lowest BCUT2D eigenvalue weighted by Gasteiger charge is -2.13. The van der Waals surface area contributed by atoms with E-state index in [1.165, 1.54) is 89.2 Å². The minimum absolute atomic E-state index is 0.00398. The molecule has 174 valence electrons. The Kier molecular flexibility index (Phi) is 11.3. The lowest BCUT2D eigenvalue weighted by atomic mass is 10.0. The summed E-state index contributed by atoms with van der Waals surface area (Å²) in [6, 6.07) is 5.73. The molecule has 1 aromatic rings. The van der Waals surface area contributed by atoms with Gasteiger partial charge in [0.15, 0.2) is 0 Å². The largest absolute Gasteiger partial charge is 0.294 e. The Bertz CT molecular complexity index is 799. The first-order chi connectivity index (χ1) is 14.9. The lowest BCUT2D eigenvalue weighted by molar-refractivity contribution is -0.116. The average Bonchev–Trinajstić information content (AvgIpc) is 3.11. The van der Waals surface area contributed by atoms with Crippen LogP contribution in [0.5, 0.6) is 0 Å². The first-order valence-corrected chi connectivity index (χ1v) is 13.4. The van der Waals surface area contributed by atoms with Gasteiger partial charge in [-0.1, -0.05) is 84.0 Å². The first kappa shape index (κ1) is 25.6. The molecule has 0 bridgehead atoms. The first-order valence-electron chi connectivity index (χ1n) is 12.0. The van der Waals surface area contributed by atoms with Gasteiger partial charge in [0, 0.05) is 11.9 Å². The lowest BCUT2D eigenvalue weighted by Crippen LogP contribution is -2.19. The van der Waals surface area contributed by atoms with E-state index in [2.05, 4.69) is 6.92 Å². The second-order valence-corrected chi connectivity index (χ2v) is 10.1. The Morgan fingerprint density at radius 2 is 1.29 bits per heavy atom. The van der Waals surface area contributed by atoms with Crippen molar-refractivity contribution in [2.75, 3.05) is 4.90 Å². The van der Waals surface area contributed by atoms with Crippen molar-refractivity contribution in [1.29, 1.82) is 0 Å². The minimum Gasteiger partial charge on any atom is -0.288 e. The van der Waals surface area contributed by atoms with Gasteiger partial charge < -0.3 is 0 Å². The second kappa shape index (κ2) is 13.7. The molecular formula is C25H39NO4S. The van der Waals surface area contributed by atoms with Gasteiger partial charge in [-0.25, -0.2) is 0 Å². The number of rotatable bonds is 16. The van der Waals surface area contributed by atoms with Crippen molar-refractivity contribution in [3.63, 3.8) is 0 Å². The highest BCUT2D eigenvalue weighted by molar-refractivity contribution is 7.85. The molecule has 0 aliphatic carbocycles. The third-order valence-corrected chi connectivity index (χ3v) is 6.84. The van der Waals surface area contributed by atoms with Crippen LogP contribution in [0.2, 0.25) is 0 Å². The maximum Gasteiger partial charge on any atom is 0.294 e. The number of anilines is 1. The zero-order chi connectivity index (χ0) is 22.5. The molecule has 6 heteroatoms. The molecule has 0 aromatic heterocycles. The van der Waals surface area contributed by atoms with Gasteiger partial charge in [-0.05, 0) is 42.7 Å². The smallest absolute Gasteiger partial charge is 0.288 e. The molecule has 1 aromatic carbocycles. The van der Waals surface area contributed by atoms with Crippen LogP contribution in [0.15, 0.2) is 40.9 Å². The molecule has 2 rings (SSSR count). The molecule has 1 aliphatic rings. The highest BCUT2D eigenvalue weighted by Crippen LogP contribution is 2.28. The number of unbranched alkanes of at least 4 members (excludes halogenated alkanes) is 12. The molecule has 0 spiro atoms. The van der Waals surface area contributed by atoms with Crippen LogP contribution >= 0.6 is 0 Å². The molecule has 1 heterocycles. The summed E-state index contributed by atoms with van der Waals surface area (Å²) in [4.78, 5) is 13.7. The molecule has 0 fully saturated rings. The molecular weight excluding hydrogens is 410 g/mol. The summed E-state index contributed by atoms with van der Waals surface area (Å²) >= 11 is 0. The third-order valence-electron chi connectivity index (χ3n) is 5.97. The molecule has 0 saturated carbocycles. The quantitative estimate of drug-likeness (QED) is 0.217. The number of amides is 1. The summed E-state index contributed by atoms with van der Waals surface area (Å²) in [5.41, 5.74) is 1.75. The van der Waals surface area contributed by atoms with E-state index < -0.39 is 10.1 Å². The number of benzene rings is 1. The molecule has 1 aliphatic heterocycles. The van der Waals surface area contributed by atoms with Gasteiger partial charge in [0.1, 0.15) is 0 Å². The Balaban J connectivity index is 1.57. The van der Waals surface area contributed by atoms with Gasteiger partial charge in [0.05, 0.1) is 11.3 Å². The molecule has 0 unspecified atom stereocenters. The predicted molar refractivity (Wildman–Crippen MR) is 127 cm³/mol. The average molecular weight is 450 g/mol. The van der Waals surface area contributed by atoms with E-state index in [0.717, 1.165) is 18.4 Å². The van der Waals surface area contributed by atoms with Gasteiger partial charge in [-0.2, -0.15) is 8.42 Å². The number of carbonyl (C=O) groups excluding carboxylic acids is 1. The summed E-state index contributed by atoms with van der Waals surface area (Å²) in [6.45, 7) is 2.26. The van der Waals surface area contributed by atoms with E-state index in [4.69, 9.17) is 4.55 Å². The van der Waals surface area contributed by atoms with Crippen LogP contribution in [0.25, 0.3) is 0 Å². The third kappa shape index (κ3) is 9.56. The van der Waals surface area contributed by atoms with E-state index in [-0.39, 0.29) is 10.8 Å². The molecule has 0 saturated heterocycles. The number of hydrogen-bond acceptors (Lipinski definition) is 3. The topological polar surface area (TPSA) is 74.7 Å². The summed E-state index contributed by atoms with van der Waals surface area (Å²) in [7, 11) is -4.22. The van der Waals surface area contributed by atoms with E-state index in [0.29, 0.717) is 12.1 Å². The summed E-state index contributed by atoms with van der Waals surface area (Å²) in [5, 5.41) is 0. The van der Waals surface area contributed by atoms with Crippen LogP contribution in [-0.4, -0.2) is 18.9 Å². The highest BCUT2D eigenvalue weighted by Gasteiger charge is 2.23. The van der Waals surface area contributed by atoms with Crippen molar-refractivity contribution < 1.29 is 17.8 Å². The standard InChI is InChI=1S/C25H39NO4S/c1-2-3-4-5-6-7-8-9-10-11-12-13-14-15-22-20-25(27)26(21-22)23-16-18-24(19-17-23)31(28,29)30/h16-19,21H,2-15,20H2,1H3,(H,28,29,30). The van der Waals surface area contributed by atoms with E-state index in [9.17, 15) is 13.2 Å². The van der Waals surface area contributed by atoms with Crippen LogP contribution < -0.4 is 4.90 Å². The maximum atomic E-state index is 12.3.